The van der Waals surface area contributed by atoms with Crippen LogP contribution in [0.5, 0.6) is 0 Å². The van der Waals surface area contributed by atoms with Gasteiger partial charge in [0.1, 0.15) is 17.4 Å². The second kappa shape index (κ2) is 10.7. The normalized spacial score (nSPS) is 16.6. The van der Waals surface area contributed by atoms with Crippen LogP contribution in [0.1, 0.15) is 57.6 Å². The smallest absolute Gasteiger partial charge is 0.338 e. The van der Waals surface area contributed by atoms with Crippen molar-refractivity contribution in [3.8, 4) is 6.07 Å². The maximum atomic E-state index is 12.6. The Balaban J connectivity index is 2.36. The third-order valence-electron chi connectivity index (χ3n) is 4.90. The van der Waals surface area contributed by atoms with Gasteiger partial charge in [-0.05, 0) is 50.9 Å². The molecule has 1 aromatic carbocycles. The number of allylic oxidation sites excluding steroid dienone is 2. The van der Waals surface area contributed by atoms with E-state index in [1.165, 1.54) is 5.56 Å². The van der Waals surface area contributed by atoms with Crippen molar-refractivity contribution in [2.24, 2.45) is 5.73 Å². The van der Waals surface area contributed by atoms with Crippen LogP contribution >= 0.6 is 0 Å². The fourth-order valence-corrected chi connectivity index (χ4v) is 3.66. The van der Waals surface area contributed by atoms with Crippen LogP contribution in [-0.2, 0) is 20.8 Å². The van der Waals surface area contributed by atoms with E-state index in [0.29, 0.717) is 11.3 Å². The van der Waals surface area contributed by atoms with Gasteiger partial charge in [-0.3, -0.25) is 4.90 Å². The van der Waals surface area contributed by atoms with E-state index in [-0.39, 0.29) is 18.1 Å². The summed E-state index contributed by atoms with van der Waals surface area (Å²) in [6, 6.07) is 10.1. The van der Waals surface area contributed by atoms with Gasteiger partial charge in [0.2, 0.25) is 5.88 Å². The molecule has 0 aromatic heterocycles. The molecular weight excluding hydrogens is 366 g/mol. The van der Waals surface area contributed by atoms with Gasteiger partial charge in [0.15, 0.2) is 0 Å². The summed E-state index contributed by atoms with van der Waals surface area (Å²) >= 11 is 0. The molecular formula is C23H31N3O3. The molecule has 0 bridgehead atoms. The number of ether oxygens (including phenoxy) is 2. The third kappa shape index (κ3) is 5.39. The van der Waals surface area contributed by atoms with Gasteiger partial charge in [-0.2, -0.15) is 5.26 Å². The summed E-state index contributed by atoms with van der Waals surface area (Å²) in [6.07, 6.45) is 2.23. The maximum absolute atomic E-state index is 12.6. The average Bonchev–Trinajstić information content (AvgIpc) is 2.68. The Bertz CT molecular complexity index is 813. The van der Waals surface area contributed by atoms with Crippen LogP contribution in [0.15, 0.2) is 47.1 Å². The Morgan fingerprint density at radius 2 is 1.83 bits per heavy atom. The molecule has 0 saturated carbocycles. The van der Waals surface area contributed by atoms with Crippen molar-refractivity contribution in [1.29, 1.82) is 5.26 Å². The number of nitriles is 1. The predicted octanol–water partition coefficient (Wildman–Crippen LogP) is 3.95. The van der Waals surface area contributed by atoms with Crippen LogP contribution in [0, 0.1) is 11.3 Å². The maximum Gasteiger partial charge on any atom is 0.338 e. The minimum absolute atomic E-state index is 0.0317. The zero-order valence-electron chi connectivity index (χ0n) is 17.8. The number of carbonyl (C=O) groups is 1. The molecule has 0 amide bonds. The number of hydrogen-bond acceptors (Lipinski definition) is 6. The second-order valence-electron chi connectivity index (χ2n) is 7.13. The van der Waals surface area contributed by atoms with E-state index >= 15 is 0 Å². The minimum Gasteiger partial charge on any atom is -0.463 e. The summed E-state index contributed by atoms with van der Waals surface area (Å²) in [4.78, 5) is 15.0. The highest BCUT2D eigenvalue weighted by molar-refractivity contribution is 5.92. The van der Waals surface area contributed by atoms with Crippen molar-refractivity contribution >= 4 is 5.97 Å². The van der Waals surface area contributed by atoms with Crippen LogP contribution in [-0.4, -0.2) is 30.6 Å². The van der Waals surface area contributed by atoms with Crippen molar-refractivity contribution < 1.29 is 14.3 Å². The monoisotopic (exact) mass is 397 g/mol. The molecule has 156 valence electrons. The Morgan fingerprint density at radius 1 is 1.21 bits per heavy atom. The lowest BCUT2D eigenvalue weighted by Gasteiger charge is -2.27. The quantitative estimate of drug-likeness (QED) is 0.635. The zero-order valence-corrected chi connectivity index (χ0v) is 17.8. The molecule has 0 spiro atoms. The fraction of sp³-hybridized carbons (Fsp3) is 0.478. The van der Waals surface area contributed by atoms with Gasteiger partial charge in [-0.25, -0.2) is 4.79 Å². The van der Waals surface area contributed by atoms with Crippen LogP contribution in [0.3, 0.4) is 0 Å². The van der Waals surface area contributed by atoms with E-state index in [9.17, 15) is 10.1 Å². The highest BCUT2D eigenvalue weighted by Gasteiger charge is 2.36. The molecule has 6 nitrogen and oxygen atoms in total. The molecule has 1 atom stereocenters. The van der Waals surface area contributed by atoms with Gasteiger partial charge >= 0.3 is 5.97 Å². The molecule has 6 heteroatoms. The van der Waals surface area contributed by atoms with E-state index in [0.717, 1.165) is 38.0 Å². The van der Waals surface area contributed by atoms with Gasteiger partial charge in [0.25, 0.3) is 0 Å². The number of nitrogens with two attached hydrogens (primary N) is 1. The molecule has 1 unspecified atom stereocenters. The van der Waals surface area contributed by atoms with E-state index in [2.05, 4.69) is 24.8 Å². The molecule has 0 saturated heterocycles. The van der Waals surface area contributed by atoms with Gasteiger partial charge in [0, 0.05) is 6.54 Å². The number of benzene rings is 1. The van der Waals surface area contributed by atoms with E-state index in [4.69, 9.17) is 15.2 Å². The first-order valence-corrected chi connectivity index (χ1v) is 10.2. The third-order valence-corrected chi connectivity index (χ3v) is 4.90. The molecule has 1 heterocycles. The summed E-state index contributed by atoms with van der Waals surface area (Å²) in [5.41, 5.74) is 8.51. The molecule has 29 heavy (non-hydrogen) atoms. The highest BCUT2D eigenvalue weighted by atomic mass is 16.5. The lowest BCUT2D eigenvalue weighted by molar-refractivity contribution is -0.139. The van der Waals surface area contributed by atoms with E-state index < -0.39 is 11.9 Å². The molecule has 2 rings (SSSR count). The van der Waals surface area contributed by atoms with Crippen molar-refractivity contribution in [1.82, 2.24) is 4.90 Å². The summed E-state index contributed by atoms with van der Waals surface area (Å²) in [6.45, 7) is 11.0. The standard InChI is InChI=1S/C23H31N3O3/c1-5-12-26(13-6-2)15-17-8-10-18(11-9-17)21-19(14-24)22(25)29-16(4)20(21)23(27)28-7-3/h8-11,21H,5-7,12-13,15,25H2,1-4H3. The van der Waals surface area contributed by atoms with Gasteiger partial charge in [-0.1, -0.05) is 38.1 Å². The molecule has 0 aliphatic carbocycles. The van der Waals surface area contributed by atoms with Crippen LogP contribution in [0.25, 0.3) is 0 Å². The van der Waals surface area contributed by atoms with Crippen molar-refractivity contribution in [3.05, 3.63) is 58.2 Å². The van der Waals surface area contributed by atoms with E-state index in [1.54, 1.807) is 13.8 Å². The highest BCUT2D eigenvalue weighted by Crippen LogP contribution is 2.39. The SMILES string of the molecule is CCCN(CCC)Cc1ccc(C2C(C#N)=C(N)OC(C)=C2C(=O)OCC)cc1. The van der Waals surface area contributed by atoms with Gasteiger partial charge in [-0.15, -0.1) is 0 Å². The molecule has 1 aromatic rings. The topological polar surface area (TPSA) is 88.6 Å². The Hall–Kier alpha value is -2.78. The van der Waals surface area contributed by atoms with Gasteiger partial charge < -0.3 is 15.2 Å². The molecule has 1 aliphatic rings. The summed E-state index contributed by atoms with van der Waals surface area (Å²) < 4.78 is 10.7. The number of rotatable bonds is 9. The lowest BCUT2D eigenvalue weighted by atomic mass is 9.83. The molecule has 0 fully saturated rings. The van der Waals surface area contributed by atoms with Crippen molar-refractivity contribution in [2.75, 3.05) is 19.7 Å². The summed E-state index contributed by atoms with van der Waals surface area (Å²) in [5, 5.41) is 9.65. The first kappa shape index (κ1) is 22.5. The zero-order chi connectivity index (χ0) is 21.4. The summed E-state index contributed by atoms with van der Waals surface area (Å²) in [7, 11) is 0. The Morgan fingerprint density at radius 3 is 2.34 bits per heavy atom. The summed E-state index contributed by atoms with van der Waals surface area (Å²) in [5.74, 6) is -0.684. The second-order valence-corrected chi connectivity index (χ2v) is 7.13. The fourth-order valence-electron chi connectivity index (χ4n) is 3.66. The van der Waals surface area contributed by atoms with Crippen molar-refractivity contribution in [2.45, 2.75) is 53.0 Å². The lowest BCUT2D eigenvalue weighted by Crippen LogP contribution is -2.26. The Labute approximate surface area is 173 Å². The number of esters is 1. The van der Waals surface area contributed by atoms with Gasteiger partial charge in [0.05, 0.1) is 18.1 Å². The first-order valence-electron chi connectivity index (χ1n) is 10.2. The number of hydrogen-bond donors (Lipinski definition) is 1. The first-order chi connectivity index (χ1) is 14.0. The number of carbonyl (C=O) groups excluding carboxylic acids is 1. The van der Waals surface area contributed by atoms with Crippen molar-refractivity contribution in [3.63, 3.8) is 0 Å². The van der Waals surface area contributed by atoms with E-state index in [1.807, 2.05) is 24.3 Å². The Kier molecular flexibility index (Phi) is 8.29. The minimum atomic E-state index is -0.593. The largest absolute Gasteiger partial charge is 0.463 e. The predicted molar refractivity (Wildman–Crippen MR) is 112 cm³/mol. The molecule has 2 N–H and O–H groups in total. The van der Waals surface area contributed by atoms with Crippen LogP contribution in [0.2, 0.25) is 0 Å². The van der Waals surface area contributed by atoms with Crippen LogP contribution < -0.4 is 5.73 Å². The average molecular weight is 398 g/mol. The molecule has 0 radical (unpaired) electrons. The van der Waals surface area contributed by atoms with Crippen LogP contribution in [0.4, 0.5) is 0 Å². The molecule has 1 aliphatic heterocycles. The number of nitrogens with zero attached hydrogens (tertiary/aromatic N) is 2.